The Balaban J connectivity index is 1.47. The fraction of sp³-hybridized carbons (Fsp3) is 0.143. The molecule has 0 fully saturated rings. The maximum Gasteiger partial charge on any atom is 0.256 e. The Kier molecular flexibility index (Phi) is 5.39. The average molecular weight is 425 g/mol. The first kappa shape index (κ1) is 19.9. The topological polar surface area (TPSA) is 107 Å². The first-order chi connectivity index (χ1) is 14.4. The molecule has 0 spiro atoms. The highest BCUT2D eigenvalue weighted by molar-refractivity contribution is 7.89. The van der Waals surface area contributed by atoms with Crippen LogP contribution in [0, 0.1) is 6.92 Å². The van der Waals surface area contributed by atoms with Gasteiger partial charge in [0.25, 0.3) is 5.91 Å². The highest BCUT2D eigenvalue weighted by Crippen LogP contribution is 2.32. The van der Waals surface area contributed by atoms with E-state index in [1.807, 2.05) is 13.0 Å². The van der Waals surface area contributed by atoms with Gasteiger partial charge in [-0.3, -0.25) is 4.79 Å². The first-order valence-corrected chi connectivity index (χ1v) is 10.6. The molecule has 0 saturated heterocycles. The highest BCUT2D eigenvalue weighted by Gasteiger charge is 2.18. The molecular formula is C21H19N3O5S. The van der Waals surface area contributed by atoms with E-state index in [2.05, 4.69) is 15.0 Å². The monoisotopic (exact) mass is 425 g/mol. The molecule has 0 bridgehead atoms. The Hall–Kier alpha value is -3.43. The smallest absolute Gasteiger partial charge is 0.256 e. The number of carbonyl (C=O) groups is 1. The molecule has 30 heavy (non-hydrogen) atoms. The van der Waals surface area contributed by atoms with Crippen LogP contribution in [-0.2, 0) is 16.6 Å². The molecular weight excluding hydrogens is 406 g/mol. The van der Waals surface area contributed by atoms with Gasteiger partial charge in [-0.15, -0.1) is 0 Å². The van der Waals surface area contributed by atoms with Gasteiger partial charge in [0.15, 0.2) is 11.5 Å². The maximum absolute atomic E-state index is 12.7. The third kappa shape index (κ3) is 4.42. The van der Waals surface area contributed by atoms with Gasteiger partial charge >= 0.3 is 0 Å². The van der Waals surface area contributed by atoms with Gasteiger partial charge in [0.05, 0.1) is 4.90 Å². The van der Waals surface area contributed by atoms with Crippen molar-refractivity contribution in [1.82, 2.24) is 9.71 Å². The van der Waals surface area contributed by atoms with Crippen molar-refractivity contribution < 1.29 is 22.7 Å². The van der Waals surface area contributed by atoms with E-state index in [1.165, 1.54) is 18.2 Å². The Bertz CT molecular complexity index is 1210. The van der Waals surface area contributed by atoms with Crippen molar-refractivity contribution in [1.29, 1.82) is 0 Å². The maximum atomic E-state index is 12.7. The molecule has 0 aliphatic carbocycles. The number of sulfonamides is 1. The predicted molar refractivity (Wildman–Crippen MR) is 110 cm³/mol. The summed E-state index contributed by atoms with van der Waals surface area (Å²) in [6.45, 7) is 2.11. The Morgan fingerprint density at radius 2 is 1.90 bits per heavy atom. The number of nitrogens with zero attached hydrogens (tertiary/aromatic N) is 1. The summed E-state index contributed by atoms with van der Waals surface area (Å²) in [5.74, 6) is 1.16. The average Bonchev–Trinajstić information content (AvgIpc) is 3.20. The molecule has 154 valence electrons. The second-order valence-corrected chi connectivity index (χ2v) is 8.48. The van der Waals surface area contributed by atoms with Gasteiger partial charge in [-0.05, 0) is 60.5 Å². The summed E-state index contributed by atoms with van der Waals surface area (Å²) in [4.78, 5) is 16.6. The number of ether oxygens (including phenoxy) is 2. The van der Waals surface area contributed by atoms with E-state index in [9.17, 15) is 13.2 Å². The van der Waals surface area contributed by atoms with Crippen LogP contribution in [0.4, 0.5) is 5.82 Å². The summed E-state index contributed by atoms with van der Waals surface area (Å²) >= 11 is 0. The highest BCUT2D eigenvalue weighted by atomic mass is 32.2. The van der Waals surface area contributed by atoms with Crippen LogP contribution in [0.15, 0.2) is 65.7 Å². The lowest BCUT2D eigenvalue weighted by Crippen LogP contribution is -2.23. The summed E-state index contributed by atoms with van der Waals surface area (Å²) < 4.78 is 38.5. The number of nitrogens with one attached hydrogen (secondary N) is 2. The largest absolute Gasteiger partial charge is 0.454 e. The Labute approximate surface area is 173 Å². The van der Waals surface area contributed by atoms with Gasteiger partial charge in [-0.25, -0.2) is 18.1 Å². The molecule has 1 aromatic heterocycles. The molecule has 1 aliphatic rings. The molecule has 0 unspecified atom stereocenters. The number of amides is 1. The first-order valence-electron chi connectivity index (χ1n) is 9.13. The van der Waals surface area contributed by atoms with Gasteiger partial charge in [-0.2, -0.15) is 0 Å². The van der Waals surface area contributed by atoms with E-state index < -0.39 is 15.9 Å². The minimum atomic E-state index is -3.83. The van der Waals surface area contributed by atoms with E-state index in [4.69, 9.17) is 9.47 Å². The van der Waals surface area contributed by atoms with Crippen LogP contribution in [0.2, 0.25) is 0 Å². The van der Waals surface area contributed by atoms with E-state index in [1.54, 1.807) is 36.5 Å². The number of anilines is 1. The van der Waals surface area contributed by atoms with E-state index in [-0.39, 0.29) is 23.8 Å². The number of pyridine rings is 1. The molecule has 3 aromatic rings. The number of benzene rings is 2. The number of hydrogen-bond donors (Lipinski definition) is 2. The number of fused-ring (bicyclic) bond motifs is 1. The molecule has 2 heterocycles. The van der Waals surface area contributed by atoms with Crippen molar-refractivity contribution in [3.63, 3.8) is 0 Å². The van der Waals surface area contributed by atoms with E-state index >= 15 is 0 Å². The number of aromatic nitrogens is 1. The summed E-state index contributed by atoms with van der Waals surface area (Å²) in [5, 5.41) is 2.67. The van der Waals surface area contributed by atoms with Crippen LogP contribution in [0.3, 0.4) is 0 Å². The fourth-order valence-electron chi connectivity index (χ4n) is 2.91. The Morgan fingerprint density at radius 1 is 1.07 bits per heavy atom. The van der Waals surface area contributed by atoms with Gasteiger partial charge in [-0.1, -0.05) is 12.1 Å². The quantitative estimate of drug-likeness (QED) is 0.629. The zero-order chi connectivity index (χ0) is 21.1. The molecule has 2 N–H and O–H groups in total. The summed E-state index contributed by atoms with van der Waals surface area (Å²) in [6.07, 6.45) is 1.59. The van der Waals surface area contributed by atoms with Crippen LogP contribution >= 0.6 is 0 Å². The van der Waals surface area contributed by atoms with Crippen LogP contribution in [0.25, 0.3) is 0 Å². The van der Waals surface area contributed by atoms with Crippen molar-refractivity contribution >= 4 is 21.7 Å². The number of carbonyl (C=O) groups excluding carboxylic acids is 1. The van der Waals surface area contributed by atoms with Crippen LogP contribution < -0.4 is 19.5 Å². The third-order valence-corrected chi connectivity index (χ3v) is 5.87. The van der Waals surface area contributed by atoms with Crippen molar-refractivity contribution in [2.45, 2.75) is 18.4 Å². The molecule has 0 saturated carbocycles. The van der Waals surface area contributed by atoms with E-state index in [0.717, 1.165) is 11.1 Å². The molecule has 1 aliphatic heterocycles. The molecule has 0 atom stereocenters. The van der Waals surface area contributed by atoms with Crippen molar-refractivity contribution in [2.75, 3.05) is 12.1 Å². The van der Waals surface area contributed by atoms with Gasteiger partial charge in [0, 0.05) is 18.3 Å². The molecule has 8 nitrogen and oxygen atoms in total. The SMILES string of the molecule is Cc1ccnc(NC(=O)c2cccc(S(=O)(=O)NCc3ccc4c(c3)OCO4)c2)c1. The summed E-state index contributed by atoms with van der Waals surface area (Å²) in [6, 6.07) is 14.6. The molecule has 4 rings (SSSR count). The second-order valence-electron chi connectivity index (χ2n) is 6.71. The van der Waals surface area contributed by atoms with Crippen molar-refractivity contribution in [2.24, 2.45) is 0 Å². The molecule has 0 radical (unpaired) electrons. The minimum Gasteiger partial charge on any atom is -0.454 e. The zero-order valence-electron chi connectivity index (χ0n) is 16.1. The van der Waals surface area contributed by atoms with Crippen LogP contribution in [-0.4, -0.2) is 26.1 Å². The lowest BCUT2D eigenvalue weighted by Gasteiger charge is -2.09. The standard InChI is InChI=1S/C21H19N3O5S/c1-14-7-8-22-20(9-14)24-21(25)16-3-2-4-17(11-16)30(26,27)23-12-15-5-6-18-19(10-15)29-13-28-18/h2-11,23H,12-13H2,1H3,(H,22,24,25). The van der Waals surface area contributed by atoms with E-state index in [0.29, 0.717) is 17.3 Å². The molecule has 9 heteroatoms. The molecule has 2 aromatic carbocycles. The Morgan fingerprint density at radius 3 is 2.73 bits per heavy atom. The number of hydrogen-bond acceptors (Lipinski definition) is 6. The lowest BCUT2D eigenvalue weighted by atomic mass is 10.2. The number of rotatable bonds is 6. The normalized spacial score (nSPS) is 12.6. The number of aryl methyl sites for hydroxylation is 1. The zero-order valence-corrected chi connectivity index (χ0v) is 16.9. The van der Waals surface area contributed by atoms with Gasteiger partial charge in [0.2, 0.25) is 16.8 Å². The van der Waals surface area contributed by atoms with Crippen molar-refractivity contribution in [3.05, 3.63) is 77.5 Å². The lowest BCUT2D eigenvalue weighted by molar-refractivity contribution is 0.102. The third-order valence-electron chi connectivity index (χ3n) is 4.47. The minimum absolute atomic E-state index is 0.00639. The molecule has 1 amide bonds. The van der Waals surface area contributed by atoms with Crippen LogP contribution in [0.1, 0.15) is 21.5 Å². The summed E-state index contributed by atoms with van der Waals surface area (Å²) in [5.41, 5.74) is 1.89. The predicted octanol–water partition coefficient (Wildman–Crippen LogP) is 2.85. The van der Waals surface area contributed by atoms with Gasteiger partial charge < -0.3 is 14.8 Å². The second kappa shape index (κ2) is 8.13. The summed E-state index contributed by atoms with van der Waals surface area (Å²) in [7, 11) is -3.83. The fourth-order valence-corrected chi connectivity index (χ4v) is 3.97. The van der Waals surface area contributed by atoms with Crippen molar-refractivity contribution in [3.8, 4) is 11.5 Å². The van der Waals surface area contributed by atoms with Gasteiger partial charge in [0.1, 0.15) is 5.82 Å². The van der Waals surface area contributed by atoms with Crippen LogP contribution in [0.5, 0.6) is 11.5 Å².